The van der Waals surface area contributed by atoms with E-state index in [2.05, 4.69) is 20.5 Å². The number of amides is 1. The van der Waals surface area contributed by atoms with Crippen molar-refractivity contribution in [2.24, 2.45) is 0 Å². The van der Waals surface area contributed by atoms with Crippen molar-refractivity contribution in [1.82, 2.24) is 25.5 Å². The van der Waals surface area contributed by atoms with E-state index in [-0.39, 0.29) is 5.91 Å². The number of H-pyrrole nitrogens is 1. The van der Waals surface area contributed by atoms with Crippen LogP contribution in [0.3, 0.4) is 0 Å². The number of carbonyl (C=O) groups excluding carboxylic acids is 1. The Hall–Kier alpha value is -0.830. The molecule has 0 saturated carbocycles. The molecule has 1 aromatic rings. The molecule has 1 amide bonds. The van der Waals surface area contributed by atoms with Crippen molar-refractivity contribution in [3.8, 4) is 0 Å². The van der Waals surface area contributed by atoms with E-state index in [1.165, 1.54) is 24.2 Å². The van der Waals surface area contributed by atoms with Crippen LogP contribution in [0.5, 0.6) is 0 Å². The molecule has 1 aromatic heterocycles. The van der Waals surface area contributed by atoms with Crippen LogP contribution in [-0.4, -0.2) is 52.8 Å². The minimum Gasteiger partial charge on any atom is -0.348 e. The second-order valence-corrected chi connectivity index (χ2v) is 6.01. The number of hydrogen-bond donors (Lipinski definition) is 2. The van der Waals surface area contributed by atoms with Crippen LogP contribution < -0.4 is 5.32 Å². The number of rotatable bonds is 5. The molecule has 0 aliphatic carbocycles. The zero-order valence-corrected chi connectivity index (χ0v) is 11.9. The fourth-order valence-electron chi connectivity index (χ4n) is 1.92. The van der Waals surface area contributed by atoms with Crippen molar-refractivity contribution in [2.75, 3.05) is 26.7 Å². The Morgan fingerprint density at radius 2 is 2.33 bits per heavy atom. The maximum Gasteiger partial charge on any atom is 0.235 e. The van der Waals surface area contributed by atoms with Crippen LogP contribution in [-0.2, 0) is 11.3 Å². The maximum atomic E-state index is 11.8. The fraction of sp³-hybridized carbons (Fsp3) is 0.700. The lowest BCUT2D eigenvalue weighted by Gasteiger charge is -2.26. The van der Waals surface area contributed by atoms with E-state index in [0.717, 1.165) is 18.1 Å². The summed E-state index contributed by atoms with van der Waals surface area (Å²) in [7, 11) is 1.95. The van der Waals surface area contributed by atoms with E-state index in [1.54, 1.807) is 0 Å². The highest BCUT2D eigenvalue weighted by molar-refractivity contribution is 7.73. The van der Waals surface area contributed by atoms with Crippen LogP contribution in [0.2, 0.25) is 0 Å². The summed E-state index contributed by atoms with van der Waals surface area (Å²) in [5.41, 5.74) is 0. The van der Waals surface area contributed by atoms with Gasteiger partial charge in [0.2, 0.25) is 5.91 Å². The Morgan fingerprint density at radius 1 is 1.61 bits per heavy atom. The third-order valence-electron chi connectivity index (χ3n) is 2.86. The Labute approximate surface area is 115 Å². The summed E-state index contributed by atoms with van der Waals surface area (Å²) >= 11 is 6.31. The van der Waals surface area contributed by atoms with E-state index in [9.17, 15) is 4.79 Å². The predicted octanol–water partition coefficient (Wildman–Crippen LogP) is 0.759. The molecule has 18 heavy (non-hydrogen) atoms. The first-order valence-electron chi connectivity index (χ1n) is 5.92. The van der Waals surface area contributed by atoms with Gasteiger partial charge in [0, 0.05) is 20.1 Å². The molecule has 8 heteroatoms. The number of hydrogen-bond acceptors (Lipinski definition) is 6. The molecule has 1 aliphatic heterocycles. The molecule has 0 aromatic carbocycles. The highest BCUT2D eigenvalue weighted by Crippen LogP contribution is 2.09. The normalized spacial score (nSPS) is 16.3. The number of aromatic nitrogens is 2. The molecule has 0 bridgehead atoms. The van der Waals surface area contributed by atoms with Gasteiger partial charge in [-0.05, 0) is 25.1 Å². The molecule has 1 aliphatic rings. The number of nitrogens with zero attached hydrogens (tertiary/aromatic N) is 3. The SMILES string of the molecule is CN(CC(=O)NCc1n[nH]c(=S)s1)N1CCCC1. The smallest absolute Gasteiger partial charge is 0.235 e. The summed E-state index contributed by atoms with van der Waals surface area (Å²) in [6.45, 7) is 2.91. The zero-order chi connectivity index (χ0) is 13.0. The van der Waals surface area contributed by atoms with Crippen LogP contribution in [0.4, 0.5) is 0 Å². The summed E-state index contributed by atoms with van der Waals surface area (Å²) in [6, 6.07) is 0. The molecule has 0 atom stereocenters. The van der Waals surface area contributed by atoms with Crippen molar-refractivity contribution in [1.29, 1.82) is 0 Å². The third-order valence-corrected chi connectivity index (χ3v) is 3.95. The van der Waals surface area contributed by atoms with Gasteiger partial charge in [0.15, 0.2) is 3.95 Å². The van der Waals surface area contributed by atoms with Gasteiger partial charge < -0.3 is 5.32 Å². The van der Waals surface area contributed by atoms with Gasteiger partial charge in [-0.25, -0.2) is 10.0 Å². The average molecular weight is 287 g/mol. The van der Waals surface area contributed by atoms with Crippen molar-refractivity contribution in [2.45, 2.75) is 19.4 Å². The fourth-order valence-corrected chi connectivity index (χ4v) is 2.79. The van der Waals surface area contributed by atoms with Gasteiger partial charge in [-0.1, -0.05) is 11.3 Å². The third kappa shape index (κ3) is 3.84. The van der Waals surface area contributed by atoms with Crippen LogP contribution in [0.1, 0.15) is 17.8 Å². The highest BCUT2D eigenvalue weighted by atomic mass is 32.1. The van der Waals surface area contributed by atoms with Crippen molar-refractivity contribution in [3.63, 3.8) is 0 Å². The van der Waals surface area contributed by atoms with Gasteiger partial charge in [-0.3, -0.25) is 9.89 Å². The highest BCUT2D eigenvalue weighted by Gasteiger charge is 2.18. The van der Waals surface area contributed by atoms with Crippen LogP contribution in [0.25, 0.3) is 0 Å². The molecule has 100 valence electrons. The van der Waals surface area contributed by atoms with E-state index >= 15 is 0 Å². The monoisotopic (exact) mass is 287 g/mol. The van der Waals surface area contributed by atoms with Crippen molar-refractivity contribution >= 4 is 29.5 Å². The molecule has 1 saturated heterocycles. The molecule has 6 nitrogen and oxygen atoms in total. The number of hydrazine groups is 1. The summed E-state index contributed by atoms with van der Waals surface area (Å²) in [5.74, 6) is 0.00511. The number of carbonyl (C=O) groups is 1. The number of nitrogens with one attached hydrogen (secondary N) is 2. The Morgan fingerprint density at radius 3 is 2.94 bits per heavy atom. The van der Waals surface area contributed by atoms with Gasteiger partial charge in [0.1, 0.15) is 5.01 Å². The van der Waals surface area contributed by atoms with Gasteiger partial charge in [-0.2, -0.15) is 5.10 Å². The number of likely N-dealkylation sites (N-methyl/N-ethyl adjacent to an activating group) is 1. The first kappa shape index (κ1) is 13.6. The lowest BCUT2D eigenvalue weighted by Crippen LogP contribution is -2.43. The van der Waals surface area contributed by atoms with Crippen LogP contribution in [0.15, 0.2) is 0 Å². The molecule has 1 fully saturated rings. The minimum atomic E-state index is 0.00511. The summed E-state index contributed by atoms with van der Waals surface area (Å²) in [4.78, 5) is 11.8. The second-order valence-electron chi connectivity index (χ2n) is 4.26. The average Bonchev–Trinajstić information content (AvgIpc) is 2.97. The van der Waals surface area contributed by atoms with Crippen molar-refractivity contribution in [3.05, 3.63) is 8.96 Å². The van der Waals surface area contributed by atoms with Gasteiger partial charge in [0.05, 0.1) is 13.1 Å². The van der Waals surface area contributed by atoms with Gasteiger partial charge >= 0.3 is 0 Å². The molecule has 0 radical (unpaired) electrons. The minimum absolute atomic E-state index is 0.00511. The Kier molecular flexibility index (Phi) is 4.81. The molecule has 0 spiro atoms. The van der Waals surface area contributed by atoms with E-state index in [4.69, 9.17) is 12.2 Å². The predicted molar refractivity (Wildman–Crippen MR) is 72.6 cm³/mol. The molecular weight excluding hydrogens is 270 g/mol. The van der Waals surface area contributed by atoms with E-state index in [0.29, 0.717) is 17.0 Å². The Bertz CT molecular complexity index is 451. The lowest BCUT2D eigenvalue weighted by atomic mass is 10.4. The lowest BCUT2D eigenvalue weighted by molar-refractivity contribution is -0.126. The van der Waals surface area contributed by atoms with Crippen LogP contribution >= 0.6 is 23.6 Å². The van der Waals surface area contributed by atoms with Gasteiger partial charge in [-0.15, -0.1) is 0 Å². The topological polar surface area (TPSA) is 64.3 Å². The zero-order valence-electron chi connectivity index (χ0n) is 10.3. The largest absolute Gasteiger partial charge is 0.348 e. The summed E-state index contributed by atoms with van der Waals surface area (Å²) in [5, 5.41) is 14.5. The second kappa shape index (κ2) is 6.37. The quantitative estimate of drug-likeness (QED) is 0.783. The molecular formula is C10H17N5OS2. The molecule has 2 N–H and O–H groups in total. The molecule has 2 rings (SSSR count). The molecule has 0 unspecified atom stereocenters. The maximum absolute atomic E-state index is 11.8. The number of aromatic amines is 1. The molecule has 2 heterocycles. The standard InChI is InChI=1S/C10H17N5OS2/c1-14(15-4-2-3-5-15)7-8(16)11-6-9-12-13-10(17)18-9/h2-7H2,1H3,(H,11,16)(H,13,17). The first-order valence-corrected chi connectivity index (χ1v) is 7.15. The van der Waals surface area contributed by atoms with Crippen molar-refractivity contribution < 1.29 is 4.79 Å². The van der Waals surface area contributed by atoms with Crippen LogP contribution in [0, 0.1) is 3.95 Å². The summed E-state index contributed by atoms with van der Waals surface area (Å²) in [6.07, 6.45) is 2.42. The van der Waals surface area contributed by atoms with E-state index < -0.39 is 0 Å². The summed E-state index contributed by atoms with van der Waals surface area (Å²) < 4.78 is 0.633. The van der Waals surface area contributed by atoms with E-state index in [1.807, 2.05) is 12.1 Å². The first-order chi connectivity index (χ1) is 8.65. The van der Waals surface area contributed by atoms with Gasteiger partial charge in [0.25, 0.3) is 0 Å². The Balaban J connectivity index is 1.73.